The Balaban J connectivity index is 0.000000153. The van der Waals surface area contributed by atoms with E-state index in [1.54, 1.807) is 0 Å². The molecule has 0 N–H and O–H groups in total. The van der Waals surface area contributed by atoms with Gasteiger partial charge in [-0.05, 0) is 143 Å². The lowest BCUT2D eigenvalue weighted by Gasteiger charge is -2.08. The Labute approximate surface area is 299 Å². The molecule has 0 saturated carbocycles. The molecule has 0 amide bonds. The normalized spacial score (nSPS) is 12.9. The summed E-state index contributed by atoms with van der Waals surface area (Å²) >= 11 is 0. The number of fused-ring (bicyclic) bond motifs is 1. The summed E-state index contributed by atoms with van der Waals surface area (Å²) in [6, 6.07) is 45.0. The van der Waals surface area contributed by atoms with E-state index in [2.05, 4.69) is 218 Å². The molecule has 0 saturated heterocycles. The van der Waals surface area contributed by atoms with Crippen molar-refractivity contribution in [1.82, 2.24) is 0 Å². The van der Waals surface area contributed by atoms with Gasteiger partial charge in [0.15, 0.2) is 0 Å². The maximum Gasteiger partial charge on any atom is -0.00303 e. The standard InChI is InChI=1S/C16H14.C14H14.2C10H12/c1-3-12-9-10-14-6-4-5-13-8-7-11(2)15(12)16(13)14;1-3-11-9-13-7-5-6-8-14(13)10-12(11)4-2;1-3-6-10-8-5-4-7-9(10)2;1-3-9-7-5-6-8-10(9)4-2/h3-10H,1-2H3;3-10H,1-2H3;2*3-8H,1-2H3/b12-3-;11-3-,12-4-;6-3-;9-3-,10-4-. The van der Waals surface area contributed by atoms with Gasteiger partial charge in [0.05, 0.1) is 0 Å². The predicted octanol–water partition coefficient (Wildman–Crippen LogP) is 10.6. The Morgan fingerprint density at radius 2 is 0.800 bits per heavy atom. The fourth-order valence-corrected chi connectivity index (χ4v) is 6.29. The van der Waals surface area contributed by atoms with E-state index in [0.29, 0.717) is 0 Å². The van der Waals surface area contributed by atoms with Crippen LogP contribution in [0.5, 0.6) is 0 Å². The lowest BCUT2D eigenvalue weighted by Crippen LogP contribution is -2.23. The second-order valence-corrected chi connectivity index (χ2v) is 12.2. The molecule has 0 spiro atoms. The maximum absolute atomic E-state index is 2.24. The molecular formula is C50H52. The molecule has 252 valence electrons. The first kappa shape index (κ1) is 37.4. The highest BCUT2D eigenvalue weighted by Gasteiger charge is 2.04. The fourth-order valence-electron chi connectivity index (χ4n) is 6.29. The third kappa shape index (κ3) is 9.36. The monoisotopic (exact) mass is 652 g/mol. The minimum atomic E-state index is 1.31. The fraction of sp³-hybridized carbons (Fsp3) is 0.160. The molecule has 7 aromatic carbocycles. The van der Waals surface area contributed by atoms with Crippen molar-refractivity contribution in [2.45, 2.75) is 55.4 Å². The van der Waals surface area contributed by atoms with Crippen LogP contribution in [-0.4, -0.2) is 0 Å². The molecule has 0 aliphatic heterocycles. The number of hydrogen-bond donors (Lipinski definition) is 0. The maximum atomic E-state index is 2.24. The van der Waals surface area contributed by atoms with Gasteiger partial charge < -0.3 is 0 Å². The van der Waals surface area contributed by atoms with Crippen molar-refractivity contribution >= 4 is 68.8 Å². The molecule has 50 heavy (non-hydrogen) atoms. The van der Waals surface area contributed by atoms with Crippen LogP contribution in [0.4, 0.5) is 0 Å². The summed E-state index contributed by atoms with van der Waals surface area (Å²) in [7, 11) is 0. The second-order valence-electron chi connectivity index (χ2n) is 12.2. The van der Waals surface area contributed by atoms with Gasteiger partial charge in [-0.3, -0.25) is 0 Å². The quantitative estimate of drug-likeness (QED) is 0.166. The number of benzene rings is 7. The van der Waals surface area contributed by atoms with Crippen molar-refractivity contribution in [2.24, 2.45) is 0 Å². The summed E-state index contributed by atoms with van der Waals surface area (Å²) in [6.07, 6.45) is 14.9. The molecular weight excluding hydrogens is 601 g/mol. The number of aryl methyl sites for hydroxylation is 2. The lowest BCUT2D eigenvalue weighted by molar-refractivity contribution is 1.44. The van der Waals surface area contributed by atoms with Crippen molar-refractivity contribution in [2.75, 3.05) is 0 Å². The summed E-state index contributed by atoms with van der Waals surface area (Å²) in [5.41, 5.74) is 4.00. The summed E-state index contributed by atoms with van der Waals surface area (Å²) in [5, 5.41) is 14.7. The van der Waals surface area contributed by atoms with E-state index in [4.69, 9.17) is 0 Å². The zero-order valence-corrected chi connectivity index (χ0v) is 31.2. The second kappa shape index (κ2) is 18.9. The molecule has 0 aliphatic rings. The van der Waals surface area contributed by atoms with Crippen LogP contribution in [0.2, 0.25) is 0 Å². The SMILES string of the molecule is C/C=C\c1ccccc1C.C/C=c1/cc2ccccc2c/c1=C/C.C/C=c1/ccc2cccc3ccc(C)c1c32.C/C=c1/cccc/c1=C/C. The van der Waals surface area contributed by atoms with E-state index in [-0.39, 0.29) is 0 Å². The van der Waals surface area contributed by atoms with Crippen molar-refractivity contribution in [3.63, 3.8) is 0 Å². The van der Waals surface area contributed by atoms with Gasteiger partial charge in [0.25, 0.3) is 0 Å². The molecule has 0 heterocycles. The Hall–Kier alpha value is -5.46. The zero-order valence-electron chi connectivity index (χ0n) is 31.2. The van der Waals surface area contributed by atoms with Gasteiger partial charge in [-0.25, -0.2) is 0 Å². The molecule has 0 bridgehead atoms. The average Bonchev–Trinajstić information content (AvgIpc) is 3.17. The van der Waals surface area contributed by atoms with Gasteiger partial charge in [-0.15, -0.1) is 0 Å². The van der Waals surface area contributed by atoms with E-state index in [9.17, 15) is 0 Å². The molecule has 0 atom stereocenters. The molecule has 0 radical (unpaired) electrons. The summed E-state index contributed by atoms with van der Waals surface area (Å²) in [5.74, 6) is 0. The average molecular weight is 653 g/mol. The third-order valence-electron chi connectivity index (χ3n) is 9.05. The molecule has 0 aliphatic carbocycles. The minimum absolute atomic E-state index is 1.31. The molecule has 7 rings (SSSR count). The van der Waals surface area contributed by atoms with Crippen LogP contribution < -0.4 is 26.1 Å². The van der Waals surface area contributed by atoms with Crippen molar-refractivity contribution in [1.29, 1.82) is 0 Å². The van der Waals surface area contributed by atoms with Crippen molar-refractivity contribution < 1.29 is 0 Å². The van der Waals surface area contributed by atoms with E-state index < -0.39 is 0 Å². The van der Waals surface area contributed by atoms with Crippen LogP contribution in [0.25, 0.3) is 68.8 Å². The van der Waals surface area contributed by atoms with Crippen LogP contribution in [0.3, 0.4) is 0 Å². The van der Waals surface area contributed by atoms with Crippen LogP contribution in [0.15, 0.2) is 133 Å². The molecule has 0 heteroatoms. The number of rotatable bonds is 1. The number of allylic oxidation sites excluding steroid dienone is 1. The first-order valence-electron chi connectivity index (χ1n) is 17.7. The molecule has 0 fully saturated rings. The highest BCUT2D eigenvalue weighted by molar-refractivity contribution is 6.11. The van der Waals surface area contributed by atoms with E-state index in [1.807, 2.05) is 6.92 Å². The van der Waals surface area contributed by atoms with Crippen LogP contribution in [0.1, 0.15) is 58.2 Å². The van der Waals surface area contributed by atoms with Crippen LogP contribution >= 0.6 is 0 Å². The Morgan fingerprint density at radius 1 is 0.340 bits per heavy atom. The molecule has 0 nitrogen and oxygen atoms in total. The Bertz CT molecular complexity index is 2410. The third-order valence-corrected chi connectivity index (χ3v) is 9.05. The first-order chi connectivity index (χ1) is 24.4. The largest absolute Gasteiger partial charge is 0.0871 e. The van der Waals surface area contributed by atoms with Gasteiger partial charge >= 0.3 is 0 Å². The highest BCUT2D eigenvalue weighted by atomic mass is 14.1. The molecule has 0 aromatic heterocycles. The summed E-state index contributed by atoms with van der Waals surface area (Å²) in [6.45, 7) is 16.7. The van der Waals surface area contributed by atoms with Gasteiger partial charge in [-0.1, -0.05) is 158 Å². The van der Waals surface area contributed by atoms with E-state index in [1.165, 1.54) is 75.1 Å². The number of hydrogen-bond acceptors (Lipinski definition) is 0. The predicted molar refractivity (Wildman–Crippen MR) is 227 cm³/mol. The Kier molecular flexibility index (Phi) is 14.1. The highest BCUT2D eigenvalue weighted by Crippen LogP contribution is 2.26. The van der Waals surface area contributed by atoms with Crippen molar-refractivity contribution in [3.8, 4) is 0 Å². The van der Waals surface area contributed by atoms with Crippen molar-refractivity contribution in [3.05, 3.63) is 176 Å². The van der Waals surface area contributed by atoms with Gasteiger partial charge in [-0.2, -0.15) is 0 Å². The molecule has 0 unspecified atom stereocenters. The van der Waals surface area contributed by atoms with E-state index in [0.717, 1.165) is 0 Å². The topological polar surface area (TPSA) is 0 Å². The lowest BCUT2D eigenvalue weighted by atomic mass is 9.96. The van der Waals surface area contributed by atoms with Gasteiger partial charge in [0, 0.05) is 0 Å². The van der Waals surface area contributed by atoms with E-state index >= 15 is 0 Å². The summed E-state index contributed by atoms with van der Waals surface area (Å²) in [4.78, 5) is 0. The molecule has 7 aromatic rings. The van der Waals surface area contributed by atoms with Gasteiger partial charge in [0.2, 0.25) is 0 Å². The first-order valence-corrected chi connectivity index (χ1v) is 17.7. The van der Waals surface area contributed by atoms with Gasteiger partial charge in [0.1, 0.15) is 0 Å². The van der Waals surface area contributed by atoms with Crippen LogP contribution in [-0.2, 0) is 0 Å². The Morgan fingerprint density at radius 3 is 1.30 bits per heavy atom. The summed E-state index contributed by atoms with van der Waals surface area (Å²) < 4.78 is 0. The van der Waals surface area contributed by atoms with Crippen LogP contribution in [0, 0.1) is 13.8 Å². The minimum Gasteiger partial charge on any atom is -0.0871 e. The zero-order chi connectivity index (χ0) is 35.9. The smallest absolute Gasteiger partial charge is 0.00303 e.